The van der Waals surface area contributed by atoms with Gasteiger partial charge in [0.25, 0.3) is 0 Å². The lowest BCUT2D eigenvalue weighted by molar-refractivity contribution is 0.210. The molecule has 24 heavy (non-hydrogen) atoms. The Morgan fingerprint density at radius 1 is 1.00 bits per heavy atom. The summed E-state index contributed by atoms with van der Waals surface area (Å²) in [6.45, 7) is 2.03. The molecule has 1 heterocycles. The first-order valence-electron chi connectivity index (χ1n) is 8.98. The van der Waals surface area contributed by atoms with Gasteiger partial charge >= 0.3 is 0 Å². The first-order chi connectivity index (χ1) is 11.8. The lowest BCUT2D eigenvalue weighted by Gasteiger charge is -2.23. The summed E-state index contributed by atoms with van der Waals surface area (Å²) in [4.78, 5) is 0. The Bertz CT molecular complexity index is 704. The van der Waals surface area contributed by atoms with Gasteiger partial charge in [-0.05, 0) is 56.4 Å². The van der Waals surface area contributed by atoms with Crippen LogP contribution in [-0.2, 0) is 0 Å². The average Bonchev–Trinajstić information content (AvgIpc) is 3.29. The average molecular weight is 323 g/mol. The molecule has 2 aromatic rings. The zero-order chi connectivity index (χ0) is 16.4. The highest BCUT2D eigenvalue weighted by Crippen LogP contribution is 2.38. The maximum Gasteiger partial charge on any atom is 0.120 e. The van der Waals surface area contributed by atoms with Crippen LogP contribution in [0.4, 0.5) is 11.4 Å². The Labute approximate surface area is 143 Å². The zero-order valence-corrected chi connectivity index (χ0v) is 14.0. The molecular weight excluding hydrogens is 298 g/mol. The first kappa shape index (κ1) is 15.3. The van der Waals surface area contributed by atoms with Crippen molar-refractivity contribution in [2.75, 3.05) is 23.8 Å². The van der Waals surface area contributed by atoms with Gasteiger partial charge in [-0.25, -0.2) is 5.43 Å². The first-order valence-corrected chi connectivity index (χ1v) is 8.98. The lowest BCUT2D eigenvalue weighted by Crippen LogP contribution is -2.30. The molecule has 4 heteroatoms. The van der Waals surface area contributed by atoms with Crippen molar-refractivity contribution in [1.29, 1.82) is 0 Å². The number of nitrogens with one attached hydrogen (secondary N) is 1. The molecule has 0 atom stereocenters. The van der Waals surface area contributed by atoms with E-state index in [9.17, 15) is 0 Å². The highest BCUT2D eigenvalue weighted by atomic mass is 16.5. The van der Waals surface area contributed by atoms with Crippen LogP contribution in [0, 0.1) is 0 Å². The van der Waals surface area contributed by atoms with Crippen LogP contribution in [0.5, 0.6) is 5.75 Å². The Kier molecular flexibility index (Phi) is 4.30. The summed E-state index contributed by atoms with van der Waals surface area (Å²) in [5.74, 6) is 0.947. The number of nitrogens with zero attached hydrogens (tertiary/aromatic N) is 1. The second kappa shape index (κ2) is 6.73. The molecule has 1 aliphatic heterocycles. The molecule has 1 aliphatic carbocycles. The van der Waals surface area contributed by atoms with E-state index in [1.165, 1.54) is 18.5 Å². The van der Waals surface area contributed by atoms with E-state index >= 15 is 0 Å². The van der Waals surface area contributed by atoms with Crippen molar-refractivity contribution >= 4 is 11.4 Å². The number of rotatable bonds is 4. The molecule has 126 valence electrons. The number of nitrogen functional groups attached to an aromatic ring is 1. The third kappa shape index (κ3) is 3.06. The highest BCUT2D eigenvalue weighted by molar-refractivity contribution is 5.86. The predicted octanol–water partition coefficient (Wildman–Crippen LogP) is 3.97. The van der Waals surface area contributed by atoms with Crippen LogP contribution in [0.3, 0.4) is 0 Å². The zero-order valence-electron chi connectivity index (χ0n) is 14.0. The molecule has 4 nitrogen and oxygen atoms in total. The fourth-order valence-electron chi connectivity index (χ4n) is 3.72. The summed E-state index contributed by atoms with van der Waals surface area (Å²) >= 11 is 0. The third-order valence-corrected chi connectivity index (χ3v) is 4.98. The van der Waals surface area contributed by atoms with E-state index in [0.29, 0.717) is 6.10 Å². The summed E-state index contributed by atoms with van der Waals surface area (Å²) in [6, 6.07) is 14.5. The topological polar surface area (TPSA) is 50.5 Å². The predicted molar refractivity (Wildman–Crippen MR) is 99.1 cm³/mol. The van der Waals surface area contributed by atoms with Crippen LogP contribution < -0.4 is 20.9 Å². The van der Waals surface area contributed by atoms with E-state index in [4.69, 9.17) is 10.5 Å². The largest absolute Gasteiger partial charge is 0.490 e. The summed E-state index contributed by atoms with van der Waals surface area (Å²) < 4.78 is 6.22. The Morgan fingerprint density at radius 3 is 2.58 bits per heavy atom. The van der Waals surface area contributed by atoms with Crippen LogP contribution in [0.25, 0.3) is 11.1 Å². The van der Waals surface area contributed by atoms with Gasteiger partial charge in [0.15, 0.2) is 0 Å². The van der Waals surface area contributed by atoms with Crippen molar-refractivity contribution in [3.63, 3.8) is 0 Å². The summed E-state index contributed by atoms with van der Waals surface area (Å²) in [6.07, 6.45) is 6.40. The summed E-state index contributed by atoms with van der Waals surface area (Å²) in [5.41, 5.74) is 13.9. The number of para-hydroxylation sites is 1. The van der Waals surface area contributed by atoms with Gasteiger partial charge in [0.1, 0.15) is 5.75 Å². The van der Waals surface area contributed by atoms with Crippen molar-refractivity contribution in [3.05, 3.63) is 42.5 Å². The van der Waals surface area contributed by atoms with Gasteiger partial charge < -0.3 is 15.5 Å². The Hall–Kier alpha value is -2.20. The van der Waals surface area contributed by atoms with Crippen LogP contribution in [0.15, 0.2) is 42.5 Å². The molecule has 2 aromatic carbocycles. The molecule has 0 unspecified atom stereocenters. The smallest absolute Gasteiger partial charge is 0.120 e. The molecule has 4 rings (SSSR count). The summed E-state index contributed by atoms with van der Waals surface area (Å²) in [7, 11) is 0. The monoisotopic (exact) mass is 323 g/mol. The second-order valence-corrected chi connectivity index (χ2v) is 6.70. The maximum atomic E-state index is 6.25. The molecular formula is C20H25N3O. The number of ether oxygens (including phenoxy) is 1. The molecule has 0 amide bonds. The lowest BCUT2D eigenvalue weighted by atomic mass is 10.0. The molecule has 0 spiro atoms. The van der Waals surface area contributed by atoms with Gasteiger partial charge in [-0.1, -0.05) is 18.2 Å². The van der Waals surface area contributed by atoms with Crippen LogP contribution >= 0.6 is 0 Å². The molecule has 3 N–H and O–H groups in total. The maximum absolute atomic E-state index is 6.25. The van der Waals surface area contributed by atoms with E-state index in [1.54, 1.807) is 0 Å². The van der Waals surface area contributed by atoms with E-state index in [0.717, 1.165) is 54.9 Å². The molecule has 0 radical (unpaired) electrons. The van der Waals surface area contributed by atoms with Gasteiger partial charge in [0.05, 0.1) is 11.8 Å². The van der Waals surface area contributed by atoms with Gasteiger partial charge in [-0.15, -0.1) is 0 Å². The number of benzene rings is 2. The van der Waals surface area contributed by atoms with Crippen LogP contribution in [-0.4, -0.2) is 19.2 Å². The summed E-state index contributed by atoms with van der Waals surface area (Å²) in [5, 5.41) is 2.22. The normalized spacial score (nSPS) is 18.2. The molecule has 1 saturated carbocycles. The molecule has 1 saturated heterocycles. The van der Waals surface area contributed by atoms with Crippen molar-refractivity contribution in [3.8, 4) is 16.9 Å². The van der Waals surface area contributed by atoms with Gasteiger partial charge in [-0.3, -0.25) is 0 Å². The van der Waals surface area contributed by atoms with E-state index in [-0.39, 0.29) is 0 Å². The fourth-order valence-corrected chi connectivity index (χ4v) is 3.72. The van der Waals surface area contributed by atoms with E-state index in [1.807, 2.05) is 18.2 Å². The molecule has 2 fully saturated rings. The SMILES string of the molecule is Nc1ccccc1-c1cc(OC2CCCC2)ccc1N1CCCN1. The highest BCUT2D eigenvalue weighted by Gasteiger charge is 2.20. The quantitative estimate of drug-likeness (QED) is 0.836. The number of nitrogens with two attached hydrogens (primary N) is 1. The van der Waals surface area contributed by atoms with Crippen molar-refractivity contribution in [2.24, 2.45) is 0 Å². The minimum absolute atomic E-state index is 0.363. The van der Waals surface area contributed by atoms with Crippen LogP contribution in [0.1, 0.15) is 32.1 Å². The van der Waals surface area contributed by atoms with Gasteiger partial charge in [0.2, 0.25) is 0 Å². The number of hydrazine groups is 1. The van der Waals surface area contributed by atoms with Gasteiger partial charge in [0, 0.05) is 29.9 Å². The molecule has 2 aliphatic rings. The molecule has 0 bridgehead atoms. The number of hydrogen-bond acceptors (Lipinski definition) is 4. The molecule has 0 aromatic heterocycles. The van der Waals surface area contributed by atoms with Gasteiger partial charge in [-0.2, -0.15) is 0 Å². The Morgan fingerprint density at radius 2 is 1.83 bits per heavy atom. The standard InChI is InChI=1S/C20H25N3O/c21-19-9-4-3-8-17(19)18-14-16(24-15-6-1-2-7-15)10-11-20(18)23-13-5-12-22-23/h3-4,8-11,14-15,22H,1-2,5-7,12-13,21H2. The van der Waals surface area contributed by atoms with Crippen LogP contribution in [0.2, 0.25) is 0 Å². The Balaban J connectivity index is 1.72. The minimum atomic E-state index is 0.363. The number of anilines is 2. The van der Waals surface area contributed by atoms with Crippen molar-refractivity contribution in [1.82, 2.24) is 5.43 Å². The van der Waals surface area contributed by atoms with E-state index < -0.39 is 0 Å². The van der Waals surface area contributed by atoms with Crippen molar-refractivity contribution < 1.29 is 4.74 Å². The third-order valence-electron chi connectivity index (χ3n) is 4.98. The van der Waals surface area contributed by atoms with Crippen molar-refractivity contribution in [2.45, 2.75) is 38.2 Å². The number of hydrogen-bond donors (Lipinski definition) is 2. The second-order valence-electron chi connectivity index (χ2n) is 6.70. The minimum Gasteiger partial charge on any atom is -0.490 e. The fraction of sp³-hybridized carbons (Fsp3) is 0.400. The van der Waals surface area contributed by atoms with E-state index in [2.05, 4.69) is 34.7 Å².